The van der Waals surface area contributed by atoms with Crippen LogP contribution in [0.1, 0.15) is 28.1 Å². The fourth-order valence-corrected chi connectivity index (χ4v) is 5.82. The largest absolute Gasteiger partial charge is 0.381 e. The highest BCUT2D eigenvalue weighted by Gasteiger charge is 2.28. The highest BCUT2D eigenvalue weighted by molar-refractivity contribution is 7.90. The highest BCUT2D eigenvalue weighted by atomic mass is 32.2. The molecule has 0 saturated carbocycles. The molecule has 1 aromatic heterocycles. The third kappa shape index (κ3) is 4.76. The average molecular weight is 465 g/mol. The first kappa shape index (κ1) is 21.8. The molecule has 164 valence electrons. The molecule has 1 N–H and O–H groups in total. The molecular formula is C21H22F2N4O2S2. The van der Waals surface area contributed by atoms with Gasteiger partial charge in [-0.1, -0.05) is 24.3 Å². The lowest BCUT2D eigenvalue weighted by Gasteiger charge is -2.31. The lowest BCUT2D eigenvalue weighted by molar-refractivity contribution is 0.172. The van der Waals surface area contributed by atoms with Gasteiger partial charge in [0.2, 0.25) is 0 Å². The zero-order chi connectivity index (χ0) is 22.0. The molecular weight excluding hydrogens is 442 g/mol. The number of anilines is 1. The fourth-order valence-electron chi connectivity index (χ4n) is 3.51. The number of hydrogen-bond acceptors (Lipinski definition) is 7. The quantitative estimate of drug-likeness (QED) is 0.545. The molecule has 1 aliphatic rings. The molecule has 31 heavy (non-hydrogen) atoms. The summed E-state index contributed by atoms with van der Waals surface area (Å²) < 4.78 is 58.7. The van der Waals surface area contributed by atoms with Crippen LogP contribution in [0.2, 0.25) is 0 Å². The smallest absolute Gasteiger partial charge is 0.190 e. The molecule has 10 heteroatoms. The van der Waals surface area contributed by atoms with E-state index in [9.17, 15) is 17.2 Å². The molecule has 2 aromatic carbocycles. The summed E-state index contributed by atoms with van der Waals surface area (Å²) in [4.78, 5) is 5.20. The molecule has 1 aliphatic heterocycles. The van der Waals surface area contributed by atoms with E-state index in [2.05, 4.69) is 19.6 Å². The summed E-state index contributed by atoms with van der Waals surface area (Å²) in [5.41, 5.74) is 2.47. The molecule has 0 atom stereocenters. The summed E-state index contributed by atoms with van der Waals surface area (Å²) in [6.45, 7) is 4.80. The minimum atomic E-state index is -4.24. The number of sulfone groups is 1. The second-order valence-electron chi connectivity index (χ2n) is 7.52. The van der Waals surface area contributed by atoms with Crippen molar-refractivity contribution in [1.82, 2.24) is 14.3 Å². The standard InChI is InChI=1S/C21H22F2N4O2S2/c1-14-18(24-10-15-5-2-3-6-16(15)11-27-7-4-8-27)9-17(22)21(20(14)23)31(28,29)12-19-25-13-26-30-19/h2-3,5-6,9,13,24H,4,7-8,10-12H2,1H3. The van der Waals surface area contributed by atoms with Crippen molar-refractivity contribution in [3.63, 3.8) is 0 Å². The molecule has 3 aromatic rings. The number of halogens is 2. The maximum Gasteiger partial charge on any atom is 0.190 e. The van der Waals surface area contributed by atoms with Crippen LogP contribution in [0.3, 0.4) is 0 Å². The number of hydrogen-bond donors (Lipinski definition) is 1. The summed E-state index contributed by atoms with van der Waals surface area (Å²) in [6.07, 6.45) is 2.41. The molecule has 6 nitrogen and oxygen atoms in total. The van der Waals surface area contributed by atoms with Crippen LogP contribution in [-0.4, -0.2) is 35.8 Å². The van der Waals surface area contributed by atoms with E-state index in [4.69, 9.17) is 0 Å². The van der Waals surface area contributed by atoms with Crippen molar-refractivity contribution in [1.29, 1.82) is 0 Å². The molecule has 0 radical (unpaired) electrons. The van der Waals surface area contributed by atoms with E-state index < -0.39 is 32.1 Å². The lowest BCUT2D eigenvalue weighted by atomic mass is 10.0. The van der Waals surface area contributed by atoms with Crippen molar-refractivity contribution in [3.05, 3.63) is 70.0 Å². The summed E-state index contributed by atoms with van der Waals surface area (Å²) in [7, 11) is -4.24. The van der Waals surface area contributed by atoms with Gasteiger partial charge in [0.15, 0.2) is 9.84 Å². The first-order valence-electron chi connectivity index (χ1n) is 9.85. The molecule has 0 unspecified atom stereocenters. The highest BCUT2D eigenvalue weighted by Crippen LogP contribution is 2.30. The normalized spacial score (nSPS) is 14.4. The Morgan fingerprint density at radius 3 is 2.58 bits per heavy atom. The van der Waals surface area contributed by atoms with E-state index in [0.29, 0.717) is 6.54 Å². The molecule has 0 aliphatic carbocycles. The Kier molecular flexibility index (Phi) is 6.31. The predicted molar refractivity (Wildman–Crippen MR) is 116 cm³/mol. The van der Waals surface area contributed by atoms with Gasteiger partial charge >= 0.3 is 0 Å². The summed E-state index contributed by atoms with van der Waals surface area (Å²) in [5.74, 6) is -2.80. The minimum absolute atomic E-state index is 0.0532. The van der Waals surface area contributed by atoms with Crippen LogP contribution in [0.4, 0.5) is 14.5 Å². The van der Waals surface area contributed by atoms with Gasteiger partial charge in [0, 0.05) is 24.3 Å². The third-order valence-corrected chi connectivity index (χ3v) is 7.87. The number of benzene rings is 2. The van der Waals surface area contributed by atoms with Crippen molar-refractivity contribution in [2.24, 2.45) is 0 Å². The van der Waals surface area contributed by atoms with E-state index in [1.54, 1.807) is 0 Å². The number of likely N-dealkylation sites (tertiary alicyclic amines) is 1. The summed E-state index contributed by atoms with van der Waals surface area (Å²) in [5, 5.41) is 3.25. The van der Waals surface area contributed by atoms with E-state index in [1.165, 1.54) is 19.7 Å². The Balaban J connectivity index is 1.56. The van der Waals surface area contributed by atoms with Gasteiger partial charge in [0.25, 0.3) is 0 Å². The molecule has 0 bridgehead atoms. The lowest BCUT2D eigenvalue weighted by Crippen LogP contribution is -2.36. The van der Waals surface area contributed by atoms with Gasteiger partial charge in [-0.25, -0.2) is 22.2 Å². The van der Waals surface area contributed by atoms with Crippen LogP contribution >= 0.6 is 11.5 Å². The predicted octanol–water partition coefficient (Wildman–Crippen LogP) is 3.92. The van der Waals surface area contributed by atoms with Gasteiger partial charge in [-0.15, -0.1) is 0 Å². The first-order valence-corrected chi connectivity index (χ1v) is 12.3. The molecule has 1 fully saturated rings. The van der Waals surface area contributed by atoms with E-state index in [-0.39, 0.29) is 16.3 Å². The monoisotopic (exact) mass is 464 g/mol. The Bertz CT molecular complexity index is 1180. The zero-order valence-electron chi connectivity index (χ0n) is 16.9. The molecule has 4 rings (SSSR count). The van der Waals surface area contributed by atoms with Crippen LogP contribution in [0.5, 0.6) is 0 Å². The molecule has 1 saturated heterocycles. The van der Waals surface area contributed by atoms with Gasteiger partial charge in [-0.05, 0) is 55.2 Å². The van der Waals surface area contributed by atoms with Crippen molar-refractivity contribution < 1.29 is 17.2 Å². The fraction of sp³-hybridized carbons (Fsp3) is 0.333. The second kappa shape index (κ2) is 8.97. The summed E-state index contributed by atoms with van der Waals surface area (Å²) in [6, 6.07) is 8.97. The maximum absolute atomic E-state index is 15.0. The van der Waals surface area contributed by atoms with Crippen molar-refractivity contribution in [2.75, 3.05) is 18.4 Å². The van der Waals surface area contributed by atoms with Crippen LogP contribution in [0, 0.1) is 18.6 Å². The Morgan fingerprint density at radius 1 is 1.19 bits per heavy atom. The van der Waals surface area contributed by atoms with E-state index >= 15 is 0 Å². The Hall–Kier alpha value is -2.43. The van der Waals surface area contributed by atoms with E-state index in [1.807, 2.05) is 24.3 Å². The topological polar surface area (TPSA) is 75.2 Å². The number of aromatic nitrogens is 2. The SMILES string of the molecule is Cc1c(NCc2ccccc2CN2CCC2)cc(F)c(S(=O)(=O)Cc2ncns2)c1F. The molecule has 2 heterocycles. The molecule has 0 amide bonds. The van der Waals surface area contributed by atoms with Crippen molar-refractivity contribution in [3.8, 4) is 0 Å². The van der Waals surface area contributed by atoms with Crippen LogP contribution < -0.4 is 5.32 Å². The average Bonchev–Trinajstić information content (AvgIpc) is 3.19. The Labute approximate surface area is 184 Å². The second-order valence-corrected chi connectivity index (χ2v) is 10.3. The maximum atomic E-state index is 15.0. The van der Waals surface area contributed by atoms with Crippen molar-refractivity contribution >= 4 is 27.1 Å². The van der Waals surface area contributed by atoms with Gasteiger partial charge in [0.05, 0.1) is 0 Å². The van der Waals surface area contributed by atoms with Gasteiger partial charge in [0.1, 0.15) is 33.6 Å². The van der Waals surface area contributed by atoms with Gasteiger partial charge < -0.3 is 5.32 Å². The summed E-state index contributed by atoms with van der Waals surface area (Å²) >= 11 is 0.879. The Morgan fingerprint density at radius 2 is 1.94 bits per heavy atom. The third-order valence-electron chi connectivity index (χ3n) is 5.38. The minimum Gasteiger partial charge on any atom is -0.381 e. The number of nitrogens with one attached hydrogen (secondary N) is 1. The zero-order valence-corrected chi connectivity index (χ0v) is 18.6. The van der Waals surface area contributed by atoms with Gasteiger partial charge in [-0.3, -0.25) is 4.90 Å². The number of rotatable bonds is 8. The van der Waals surface area contributed by atoms with E-state index in [0.717, 1.165) is 48.4 Å². The number of nitrogens with zero attached hydrogens (tertiary/aromatic N) is 3. The molecule has 0 spiro atoms. The first-order chi connectivity index (χ1) is 14.8. The van der Waals surface area contributed by atoms with Crippen LogP contribution in [0.25, 0.3) is 0 Å². The van der Waals surface area contributed by atoms with Crippen LogP contribution in [-0.2, 0) is 28.7 Å². The van der Waals surface area contributed by atoms with Crippen LogP contribution in [0.15, 0.2) is 41.6 Å². The van der Waals surface area contributed by atoms with Crippen molar-refractivity contribution in [2.45, 2.75) is 37.1 Å². The van der Waals surface area contributed by atoms with Gasteiger partial charge in [-0.2, -0.15) is 4.37 Å².